The van der Waals surface area contributed by atoms with Gasteiger partial charge in [-0.3, -0.25) is 10.7 Å². The standard InChI is InChI=1S/C14H23N3O4/c1-8-9-17(12(19)21-14(5,6)7)10(15)16-11(18)20-13(2,3)4/h1-7H3,(H2,15,16,18). The van der Waals surface area contributed by atoms with Crippen molar-refractivity contribution in [1.29, 1.82) is 5.41 Å². The number of carbonyl (C=O) groups excluding carboxylic acids is 2. The molecule has 0 heterocycles. The van der Waals surface area contributed by atoms with E-state index in [1.54, 1.807) is 41.5 Å². The molecule has 21 heavy (non-hydrogen) atoms. The van der Waals surface area contributed by atoms with Crippen LogP contribution in [0.25, 0.3) is 0 Å². The number of guanidine groups is 1. The second-order valence-corrected chi connectivity index (χ2v) is 6.15. The van der Waals surface area contributed by atoms with Gasteiger partial charge in [-0.15, -0.1) is 0 Å². The third-order valence-electron chi connectivity index (χ3n) is 1.64. The number of hydrogen-bond acceptors (Lipinski definition) is 5. The highest BCUT2D eigenvalue weighted by atomic mass is 16.6. The molecule has 0 saturated carbocycles. The van der Waals surface area contributed by atoms with Crippen LogP contribution in [0.2, 0.25) is 0 Å². The first-order valence-electron chi connectivity index (χ1n) is 6.40. The molecule has 2 amide bonds. The van der Waals surface area contributed by atoms with Gasteiger partial charge in [0.2, 0.25) is 5.96 Å². The zero-order valence-corrected chi connectivity index (χ0v) is 13.6. The smallest absolute Gasteiger partial charge is 0.429 e. The normalized spacial score (nSPS) is 10.8. The first-order chi connectivity index (χ1) is 9.35. The first kappa shape index (κ1) is 18.8. The van der Waals surface area contributed by atoms with Crippen LogP contribution in [0.3, 0.4) is 0 Å². The molecule has 7 nitrogen and oxygen atoms in total. The highest BCUT2D eigenvalue weighted by molar-refractivity contribution is 6.01. The minimum atomic E-state index is -0.849. The second-order valence-electron chi connectivity index (χ2n) is 6.15. The zero-order valence-electron chi connectivity index (χ0n) is 13.6. The quantitative estimate of drug-likeness (QED) is 0.311. The van der Waals surface area contributed by atoms with E-state index in [4.69, 9.17) is 14.9 Å². The van der Waals surface area contributed by atoms with Crippen molar-refractivity contribution in [3.8, 4) is 12.0 Å². The van der Waals surface area contributed by atoms with Crippen molar-refractivity contribution < 1.29 is 19.1 Å². The van der Waals surface area contributed by atoms with E-state index >= 15 is 0 Å². The summed E-state index contributed by atoms with van der Waals surface area (Å²) in [6, 6.07) is 2.39. The largest absolute Gasteiger partial charge is 0.444 e. The van der Waals surface area contributed by atoms with Crippen LogP contribution in [-0.4, -0.2) is 34.2 Å². The predicted molar refractivity (Wildman–Crippen MR) is 78.6 cm³/mol. The Kier molecular flexibility index (Phi) is 6.23. The van der Waals surface area contributed by atoms with Crippen molar-refractivity contribution in [1.82, 2.24) is 10.2 Å². The van der Waals surface area contributed by atoms with E-state index < -0.39 is 29.3 Å². The van der Waals surface area contributed by atoms with Crippen LogP contribution in [0.15, 0.2) is 0 Å². The maximum absolute atomic E-state index is 11.9. The molecule has 0 fully saturated rings. The van der Waals surface area contributed by atoms with Crippen LogP contribution in [0.1, 0.15) is 48.5 Å². The Hall–Kier alpha value is -2.23. The molecule has 0 radical (unpaired) electrons. The highest BCUT2D eigenvalue weighted by Gasteiger charge is 2.26. The van der Waals surface area contributed by atoms with E-state index in [1.165, 1.54) is 6.92 Å². The van der Waals surface area contributed by atoms with E-state index in [1.807, 2.05) is 0 Å². The molecule has 118 valence electrons. The summed E-state index contributed by atoms with van der Waals surface area (Å²) >= 11 is 0. The number of nitrogens with zero attached hydrogens (tertiary/aromatic N) is 1. The van der Waals surface area contributed by atoms with Crippen LogP contribution in [-0.2, 0) is 9.47 Å². The van der Waals surface area contributed by atoms with Crippen molar-refractivity contribution in [2.24, 2.45) is 0 Å². The maximum atomic E-state index is 11.9. The van der Waals surface area contributed by atoms with Crippen molar-refractivity contribution in [3.05, 3.63) is 0 Å². The fourth-order valence-corrected chi connectivity index (χ4v) is 1.07. The van der Waals surface area contributed by atoms with Gasteiger partial charge in [0, 0.05) is 6.04 Å². The van der Waals surface area contributed by atoms with Gasteiger partial charge in [-0.25, -0.2) is 9.59 Å². The fraction of sp³-hybridized carbons (Fsp3) is 0.643. The number of hydrogen-bond donors (Lipinski definition) is 2. The molecule has 0 bridgehead atoms. The number of nitrogens with one attached hydrogen (secondary N) is 2. The van der Waals surface area contributed by atoms with Crippen LogP contribution in [0.4, 0.5) is 9.59 Å². The molecule has 0 atom stereocenters. The summed E-state index contributed by atoms with van der Waals surface area (Å²) in [4.78, 5) is 24.2. The molecule has 0 aliphatic heterocycles. The summed E-state index contributed by atoms with van der Waals surface area (Å²) in [5.74, 6) is 1.94. The lowest BCUT2D eigenvalue weighted by molar-refractivity contribution is 0.0426. The lowest BCUT2D eigenvalue weighted by Gasteiger charge is -2.24. The van der Waals surface area contributed by atoms with Crippen LogP contribution < -0.4 is 5.32 Å². The number of amides is 2. The van der Waals surface area contributed by atoms with E-state index in [0.717, 1.165) is 0 Å². The third kappa shape index (κ3) is 8.52. The lowest BCUT2D eigenvalue weighted by atomic mass is 10.2. The van der Waals surface area contributed by atoms with Crippen LogP contribution in [0, 0.1) is 17.4 Å². The minimum Gasteiger partial charge on any atom is -0.444 e. The minimum absolute atomic E-state index is 0.534. The molecule has 2 N–H and O–H groups in total. The monoisotopic (exact) mass is 297 g/mol. The molecule has 0 saturated heterocycles. The van der Waals surface area contributed by atoms with Crippen molar-refractivity contribution >= 4 is 18.1 Å². The molecule has 0 rings (SSSR count). The molecule has 7 heteroatoms. The molecular weight excluding hydrogens is 274 g/mol. The van der Waals surface area contributed by atoms with Gasteiger partial charge in [-0.1, -0.05) is 5.92 Å². The van der Waals surface area contributed by atoms with Gasteiger partial charge < -0.3 is 9.47 Å². The molecule has 0 aliphatic rings. The van der Waals surface area contributed by atoms with Gasteiger partial charge in [0.25, 0.3) is 0 Å². The Bertz CT molecular complexity index is 475. The van der Waals surface area contributed by atoms with Gasteiger partial charge in [0.15, 0.2) is 0 Å². The summed E-state index contributed by atoms with van der Waals surface area (Å²) in [5, 5.41) is 9.87. The Labute approximate surface area is 125 Å². The number of carbonyl (C=O) groups is 2. The zero-order chi connectivity index (χ0) is 16.8. The second kappa shape index (κ2) is 6.97. The highest BCUT2D eigenvalue weighted by Crippen LogP contribution is 2.10. The molecule has 0 aromatic carbocycles. The van der Waals surface area contributed by atoms with E-state index in [2.05, 4.69) is 17.3 Å². The lowest BCUT2D eigenvalue weighted by Crippen LogP contribution is -2.47. The Balaban J connectivity index is 4.89. The molecule has 0 spiro atoms. The average Bonchev–Trinajstić information content (AvgIpc) is 2.19. The summed E-state index contributed by atoms with van der Waals surface area (Å²) in [5.41, 5.74) is -1.45. The van der Waals surface area contributed by atoms with Crippen molar-refractivity contribution in [2.75, 3.05) is 0 Å². The molecule has 0 aliphatic carbocycles. The molecule has 0 aromatic rings. The Morgan fingerprint density at radius 2 is 1.52 bits per heavy atom. The SMILES string of the molecule is CC#CN(C(=N)NC(=O)OC(C)(C)C)C(=O)OC(C)(C)C. The maximum Gasteiger partial charge on any atom is 0.429 e. The predicted octanol–water partition coefficient (Wildman–Crippen LogP) is 2.66. The summed E-state index contributed by atoms with van der Waals surface area (Å²) in [6.45, 7) is 11.6. The third-order valence-corrected chi connectivity index (χ3v) is 1.64. The van der Waals surface area contributed by atoms with Crippen LogP contribution in [0.5, 0.6) is 0 Å². The topological polar surface area (TPSA) is 91.7 Å². The van der Waals surface area contributed by atoms with Crippen LogP contribution >= 0.6 is 0 Å². The Morgan fingerprint density at radius 1 is 1.05 bits per heavy atom. The van der Waals surface area contributed by atoms with E-state index in [9.17, 15) is 9.59 Å². The van der Waals surface area contributed by atoms with Gasteiger partial charge in [-0.05, 0) is 48.5 Å². The Morgan fingerprint density at radius 3 is 1.90 bits per heavy atom. The fourth-order valence-electron chi connectivity index (χ4n) is 1.07. The number of ether oxygens (including phenoxy) is 2. The number of rotatable bonds is 0. The van der Waals surface area contributed by atoms with Crippen molar-refractivity contribution in [2.45, 2.75) is 59.7 Å². The summed E-state index contributed by atoms with van der Waals surface area (Å²) in [6.07, 6.45) is -1.70. The van der Waals surface area contributed by atoms with Gasteiger partial charge in [0.1, 0.15) is 11.2 Å². The van der Waals surface area contributed by atoms with Gasteiger partial charge in [-0.2, -0.15) is 4.90 Å². The molecule has 0 unspecified atom stereocenters. The van der Waals surface area contributed by atoms with E-state index in [0.29, 0.717) is 4.90 Å². The summed E-state index contributed by atoms with van der Waals surface area (Å²) in [7, 11) is 0. The average molecular weight is 297 g/mol. The van der Waals surface area contributed by atoms with Gasteiger partial charge >= 0.3 is 12.2 Å². The first-order valence-corrected chi connectivity index (χ1v) is 6.40. The van der Waals surface area contributed by atoms with Gasteiger partial charge in [0.05, 0.1) is 0 Å². The van der Waals surface area contributed by atoms with E-state index in [-0.39, 0.29) is 0 Å². The molecule has 0 aromatic heterocycles. The summed E-state index contributed by atoms with van der Waals surface area (Å²) < 4.78 is 10.1. The van der Waals surface area contributed by atoms with Crippen molar-refractivity contribution in [3.63, 3.8) is 0 Å². The number of alkyl carbamates (subject to hydrolysis) is 1. The molecular formula is C14H23N3O4.